The summed E-state index contributed by atoms with van der Waals surface area (Å²) in [5.41, 5.74) is 7.33. The van der Waals surface area contributed by atoms with Gasteiger partial charge in [0.25, 0.3) is 11.6 Å². The Kier molecular flexibility index (Phi) is 5.72. The molecule has 3 rings (SSSR count). The molecule has 0 saturated carbocycles. The smallest absolute Gasteiger partial charge is 0.316 e. The maximum Gasteiger partial charge on any atom is 0.316 e. The highest BCUT2D eigenvalue weighted by Gasteiger charge is 2.20. The Hall–Kier alpha value is -4.28. The number of nitro groups is 1. The molecule has 0 spiro atoms. The van der Waals surface area contributed by atoms with Gasteiger partial charge in [0.1, 0.15) is 0 Å². The van der Waals surface area contributed by atoms with Gasteiger partial charge >= 0.3 is 6.03 Å². The van der Waals surface area contributed by atoms with Gasteiger partial charge in [0.2, 0.25) is 0 Å². The van der Waals surface area contributed by atoms with Crippen LogP contribution in [-0.4, -0.2) is 31.9 Å². The molecule has 0 aliphatic carbocycles. The molecule has 11 nitrogen and oxygen atoms in total. The van der Waals surface area contributed by atoms with Crippen LogP contribution in [0.3, 0.4) is 0 Å². The Morgan fingerprint density at radius 3 is 2.53 bits per heavy atom. The van der Waals surface area contributed by atoms with E-state index in [4.69, 9.17) is 5.73 Å². The molecule has 1 aromatic heterocycles. The molecule has 0 radical (unpaired) electrons. The fraction of sp³-hybridized carbons (Fsp3) is 0.158. The molecule has 4 N–H and O–H groups in total. The summed E-state index contributed by atoms with van der Waals surface area (Å²) in [6, 6.07) is 11.7. The van der Waals surface area contributed by atoms with Gasteiger partial charge in [0, 0.05) is 17.8 Å². The highest BCUT2D eigenvalue weighted by atomic mass is 16.6. The molecule has 3 aromatic rings. The highest BCUT2D eigenvalue weighted by molar-refractivity contribution is 5.93. The van der Waals surface area contributed by atoms with Gasteiger partial charge in [-0.1, -0.05) is 23.4 Å². The first-order chi connectivity index (χ1) is 14.3. The van der Waals surface area contributed by atoms with E-state index in [-0.39, 0.29) is 17.4 Å². The second kappa shape index (κ2) is 8.39. The van der Waals surface area contributed by atoms with Crippen LogP contribution in [0.2, 0.25) is 0 Å². The second-order valence-electron chi connectivity index (χ2n) is 6.52. The van der Waals surface area contributed by atoms with Crippen molar-refractivity contribution in [2.24, 2.45) is 5.73 Å². The van der Waals surface area contributed by atoms with E-state index >= 15 is 0 Å². The number of nitrogens with zero attached hydrogens (tertiary/aromatic N) is 4. The van der Waals surface area contributed by atoms with Crippen LogP contribution in [0.15, 0.2) is 48.5 Å². The third-order valence-electron chi connectivity index (χ3n) is 4.42. The van der Waals surface area contributed by atoms with Gasteiger partial charge in [-0.05, 0) is 37.6 Å². The van der Waals surface area contributed by atoms with Gasteiger partial charge in [-0.25, -0.2) is 9.48 Å². The molecule has 1 heterocycles. The largest absolute Gasteiger partial charge is 0.351 e. The van der Waals surface area contributed by atoms with E-state index in [1.54, 1.807) is 44.2 Å². The van der Waals surface area contributed by atoms with E-state index in [0.29, 0.717) is 17.1 Å². The third kappa shape index (κ3) is 4.41. The van der Waals surface area contributed by atoms with E-state index in [1.165, 1.54) is 22.9 Å². The summed E-state index contributed by atoms with van der Waals surface area (Å²) >= 11 is 0. The zero-order valence-electron chi connectivity index (χ0n) is 16.2. The highest BCUT2D eigenvalue weighted by Crippen LogP contribution is 2.20. The first-order valence-corrected chi connectivity index (χ1v) is 8.90. The molecule has 3 amide bonds. The molecular weight excluding hydrogens is 390 g/mol. The van der Waals surface area contributed by atoms with Gasteiger partial charge in [-0.2, -0.15) is 0 Å². The first-order valence-electron chi connectivity index (χ1n) is 8.90. The summed E-state index contributed by atoms with van der Waals surface area (Å²) in [6.45, 7) is 3.46. The summed E-state index contributed by atoms with van der Waals surface area (Å²) in [5.74, 6) is -0.434. The summed E-state index contributed by atoms with van der Waals surface area (Å²) in [6.07, 6.45) is 0. The number of urea groups is 1. The topological polar surface area (TPSA) is 158 Å². The Morgan fingerprint density at radius 1 is 1.20 bits per heavy atom. The fourth-order valence-electron chi connectivity index (χ4n) is 2.87. The average molecular weight is 409 g/mol. The van der Waals surface area contributed by atoms with Crippen LogP contribution in [0.25, 0.3) is 5.69 Å². The summed E-state index contributed by atoms with van der Waals surface area (Å²) < 4.78 is 1.37. The first kappa shape index (κ1) is 20.5. The molecule has 11 heteroatoms. The van der Waals surface area contributed by atoms with Gasteiger partial charge in [0.05, 0.1) is 22.3 Å². The Morgan fingerprint density at radius 2 is 1.90 bits per heavy atom. The number of nitrogens with two attached hydrogens (primary N) is 1. The monoisotopic (exact) mass is 409 g/mol. The number of nitro benzene ring substituents is 1. The van der Waals surface area contributed by atoms with Crippen LogP contribution >= 0.6 is 0 Å². The van der Waals surface area contributed by atoms with E-state index in [9.17, 15) is 19.7 Å². The van der Waals surface area contributed by atoms with Crippen LogP contribution in [-0.2, 0) is 0 Å². The number of non-ortho nitro benzene ring substituents is 1. The fourth-order valence-corrected chi connectivity index (χ4v) is 2.87. The van der Waals surface area contributed by atoms with Gasteiger partial charge in [-0.15, -0.1) is 5.10 Å². The lowest BCUT2D eigenvalue weighted by atomic mass is 10.1. The van der Waals surface area contributed by atoms with Crippen molar-refractivity contribution < 1.29 is 14.5 Å². The summed E-state index contributed by atoms with van der Waals surface area (Å²) in [4.78, 5) is 34.0. The number of carbonyl (C=O) groups excluding carboxylic acids is 2. The predicted molar refractivity (Wildman–Crippen MR) is 108 cm³/mol. The molecular formula is C19H19N7O4. The predicted octanol–water partition coefficient (Wildman–Crippen LogP) is 2.47. The number of aromatic nitrogens is 3. The van der Waals surface area contributed by atoms with Crippen molar-refractivity contribution in [3.05, 3.63) is 75.6 Å². The molecule has 30 heavy (non-hydrogen) atoms. The zero-order valence-corrected chi connectivity index (χ0v) is 16.2. The van der Waals surface area contributed by atoms with Crippen LogP contribution < -0.4 is 16.4 Å². The standard InChI is InChI=1S/C19H19N7O4/c1-11(13-6-8-14(9-7-13)22-19(20)28)21-18(27)17-12(2)25(24-23-17)15-4-3-5-16(10-15)26(29)30/h3-11H,1-2H3,(H,21,27)(H3,20,22,28). The number of nitrogens with one attached hydrogen (secondary N) is 2. The molecule has 0 saturated heterocycles. The molecule has 2 aromatic carbocycles. The third-order valence-corrected chi connectivity index (χ3v) is 4.42. The molecule has 0 bridgehead atoms. The number of rotatable bonds is 6. The lowest BCUT2D eigenvalue weighted by Gasteiger charge is -2.14. The van der Waals surface area contributed by atoms with Crippen molar-refractivity contribution in [2.75, 3.05) is 5.32 Å². The number of amides is 3. The zero-order chi connectivity index (χ0) is 21.8. The number of benzene rings is 2. The number of carbonyl (C=O) groups is 2. The maximum absolute atomic E-state index is 12.7. The molecule has 0 aliphatic rings. The van der Waals surface area contributed by atoms with Crippen molar-refractivity contribution >= 4 is 23.3 Å². The number of hydrogen-bond donors (Lipinski definition) is 3. The van der Waals surface area contributed by atoms with Gasteiger partial charge in [0.15, 0.2) is 5.69 Å². The van der Waals surface area contributed by atoms with E-state index in [1.807, 2.05) is 0 Å². The van der Waals surface area contributed by atoms with Crippen LogP contribution in [0.1, 0.15) is 34.7 Å². The van der Waals surface area contributed by atoms with E-state index in [0.717, 1.165) is 5.56 Å². The molecule has 0 fully saturated rings. The van der Waals surface area contributed by atoms with E-state index in [2.05, 4.69) is 20.9 Å². The molecule has 0 aliphatic heterocycles. The van der Waals surface area contributed by atoms with Crippen LogP contribution in [0.5, 0.6) is 0 Å². The minimum atomic E-state index is -0.661. The number of primary amides is 1. The van der Waals surface area contributed by atoms with E-state index < -0.39 is 16.9 Å². The van der Waals surface area contributed by atoms with Crippen molar-refractivity contribution in [2.45, 2.75) is 19.9 Å². The minimum absolute atomic E-state index is 0.0868. The summed E-state index contributed by atoms with van der Waals surface area (Å²) in [7, 11) is 0. The van der Waals surface area contributed by atoms with Gasteiger partial charge < -0.3 is 16.4 Å². The normalized spacial score (nSPS) is 11.5. The Balaban J connectivity index is 1.75. The van der Waals surface area contributed by atoms with Gasteiger partial charge in [-0.3, -0.25) is 14.9 Å². The number of anilines is 1. The van der Waals surface area contributed by atoms with Crippen LogP contribution in [0.4, 0.5) is 16.2 Å². The molecule has 154 valence electrons. The lowest BCUT2D eigenvalue weighted by molar-refractivity contribution is -0.384. The SMILES string of the molecule is Cc1c(C(=O)NC(C)c2ccc(NC(N)=O)cc2)nnn1-c1cccc([N+](=O)[O-])c1. The van der Waals surface area contributed by atoms with Crippen molar-refractivity contribution in [3.63, 3.8) is 0 Å². The van der Waals surface area contributed by atoms with Crippen molar-refractivity contribution in [3.8, 4) is 5.69 Å². The molecule has 1 unspecified atom stereocenters. The van der Waals surface area contributed by atoms with Crippen molar-refractivity contribution in [1.29, 1.82) is 0 Å². The number of hydrogen-bond acceptors (Lipinski definition) is 6. The van der Waals surface area contributed by atoms with Crippen LogP contribution in [0, 0.1) is 17.0 Å². The Labute approximate surface area is 171 Å². The maximum atomic E-state index is 12.7. The molecule has 1 atom stereocenters. The average Bonchev–Trinajstić information content (AvgIpc) is 3.09. The minimum Gasteiger partial charge on any atom is -0.351 e. The quantitative estimate of drug-likeness (QED) is 0.419. The second-order valence-corrected chi connectivity index (χ2v) is 6.52. The lowest BCUT2D eigenvalue weighted by Crippen LogP contribution is -2.27. The Bertz CT molecular complexity index is 1110. The van der Waals surface area contributed by atoms with Crippen molar-refractivity contribution in [1.82, 2.24) is 20.3 Å². The summed E-state index contributed by atoms with van der Waals surface area (Å²) in [5, 5.41) is 24.2.